The van der Waals surface area contributed by atoms with Crippen LogP contribution in [-0.2, 0) is 6.54 Å². The summed E-state index contributed by atoms with van der Waals surface area (Å²) in [6.07, 6.45) is 1.31. The Morgan fingerprint density at radius 2 is 2.06 bits per heavy atom. The minimum absolute atomic E-state index is 0.499. The van der Waals surface area contributed by atoms with Crippen molar-refractivity contribution in [1.29, 1.82) is 0 Å². The quantitative estimate of drug-likeness (QED) is 0.793. The Labute approximate surface area is 93.1 Å². The van der Waals surface area contributed by atoms with E-state index in [1.54, 1.807) is 0 Å². The highest BCUT2D eigenvalue weighted by atomic mass is 16.5. The molecule has 2 aromatic heterocycles. The maximum absolute atomic E-state index is 4.63. The van der Waals surface area contributed by atoms with E-state index in [-0.39, 0.29) is 0 Å². The summed E-state index contributed by atoms with van der Waals surface area (Å²) in [5.74, 6) is 2.24. The van der Waals surface area contributed by atoms with Crippen LogP contribution in [-0.4, -0.2) is 21.7 Å². The standard InChI is InChI=1S/C10H13N5O/c1-2-11-8-4-3-5-9(14-8)12-6-10-13-7-16-15-10/h3-5,7H,2,6H2,1H3,(H2,11,12,14). The smallest absolute Gasteiger partial charge is 0.213 e. The molecule has 0 radical (unpaired) electrons. The molecule has 0 aromatic carbocycles. The maximum Gasteiger partial charge on any atom is 0.213 e. The van der Waals surface area contributed by atoms with Crippen molar-refractivity contribution >= 4 is 11.6 Å². The third-order valence-corrected chi connectivity index (χ3v) is 1.94. The second kappa shape index (κ2) is 5.11. The lowest BCUT2D eigenvalue weighted by Crippen LogP contribution is -2.05. The highest BCUT2D eigenvalue weighted by molar-refractivity contribution is 5.44. The summed E-state index contributed by atoms with van der Waals surface area (Å²) in [7, 11) is 0. The normalized spacial score (nSPS) is 10.1. The Bertz CT molecular complexity index is 429. The largest absolute Gasteiger partial charge is 0.370 e. The molecule has 2 N–H and O–H groups in total. The molecule has 0 fully saturated rings. The van der Waals surface area contributed by atoms with Gasteiger partial charge in [-0.05, 0) is 19.1 Å². The minimum atomic E-state index is 0.499. The molecule has 0 aliphatic rings. The van der Waals surface area contributed by atoms with Crippen molar-refractivity contribution in [3.8, 4) is 0 Å². The number of nitrogens with one attached hydrogen (secondary N) is 2. The van der Waals surface area contributed by atoms with Crippen LogP contribution in [0.4, 0.5) is 11.6 Å². The van der Waals surface area contributed by atoms with Crippen LogP contribution in [0.5, 0.6) is 0 Å². The average Bonchev–Trinajstić information content (AvgIpc) is 2.80. The van der Waals surface area contributed by atoms with E-state index in [9.17, 15) is 0 Å². The SMILES string of the molecule is CCNc1cccc(NCc2ncon2)n1. The minimum Gasteiger partial charge on any atom is -0.370 e. The van der Waals surface area contributed by atoms with Gasteiger partial charge in [0.15, 0.2) is 5.82 Å². The molecule has 6 nitrogen and oxygen atoms in total. The molecule has 0 spiro atoms. The van der Waals surface area contributed by atoms with Gasteiger partial charge < -0.3 is 15.2 Å². The monoisotopic (exact) mass is 219 g/mol. The second-order valence-electron chi connectivity index (χ2n) is 3.14. The molecule has 0 saturated carbocycles. The Hall–Kier alpha value is -2.11. The van der Waals surface area contributed by atoms with Crippen LogP contribution >= 0.6 is 0 Å². The first kappa shape index (κ1) is 10.4. The summed E-state index contributed by atoms with van der Waals surface area (Å²) in [6.45, 7) is 3.38. The van der Waals surface area contributed by atoms with Gasteiger partial charge in [0.2, 0.25) is 6.39 Å². The Balaban J connectivity index is 1.96. The molecule has 0 saturated heterocycles. The molecule has 0 aliphatic heterocycles. The Morgan fingerprint density at radius 1 is 1.25 bits per heavy atom. The van der Waals surface area contributed by atoms with E-state index in [2.05, 4.69) is 30.3 Å². The van der Waals surface area contributed by atoms with Crippen molar-refractivity contribution in [3.63, 3.8) is 0 Å². The Kier molecular flexibility index (Phi) is 3.32. The number of pyridine rings is 1. The molecule has 0 bridgehead atoms. The van der Waals surface area contributed by atoms with E-state index in [0.29, 0.717) is 12.4 Å². The van der Waals surface area contributed by atoms with Gasteiger partial charge in [-0.2, -0.15) is 4.98 Å². The number of nitrogens with zero attached hydrogens (tertiary/aromatic N) is 3. The van der Waals surface area contributed by atoms with E-state index < -0.39 is 0 Å². The summed E-state index contributed by atoms with van der Waals surface area (Å²) in [5, 5.41) is 9.95. The highest BCUT2D eigenvalue weighted by Gasteiger charge is 1.99. The van der Waals surface area contributed by atoms with Crippen molar-refractivity contribution in [2.24, 2.45) is 0 Å². The molecule has 2 heterocycles. The van der Waals surface area contributed by atoms with Gasteiger partial charge in [0.05, 0.1) is 6.54 Å². The van der Waals surface area contributed by atoms with E-state index in [0.717, 1.165) is 18.2 Å². The number of rotatable bonds is 5. The van der Waals surface area contributed by atoms with E-state index in [1.807, 2.05) is 25.1 Å². The van der Waals surface area contributed by atoms with Crippen molar-refractivity contribution in [1.82, 2.24) is 15.1 Å². The van der Waals surface area contributed by atoms with Gasteiger partial charge in [-0.3, -0.25) is 0 Å². The summed E-state index contributed by atoms with van der Waals surface area (Å²) >= 11 is 0. The topological polar surface area (TPSA) is 75.9 Å². The Morgan fingerprint density at radius 3 is 2.75 bits per heavy atom. The summed E-state index contributed by atoms with van der Waals surface area (Å²) in [6, 6.07) is 5.74. The molecule has 0 aliphatic carbocycles. The third-order valence-electron chi connectivity index (χ3n) is 1.94. The first-order chi connectivity index (χ1) is 7.88. The molecule has 2 aromatic rings. The van der Waals surface area contributed by atoms with Crippen molar-refractivity contribution < 1.29 is 4.52 Å². The van der Waals surface area contributed by atoms with Crippen LogP contribution in [0, 0.1) is 0 Å². The molecule has 16 heavy (non-hydrogen) atoms. The fraction of sp³-hybridized carbons (Fsp3) is 0.300. The molecule has 0 unspecified atom stereocenters. The van der Waals surface area contributed by atoms with E-state index in [4.69, 9.17) is 0 Å². The van der Waals surface area contributed by atoms with Gasteiger partial charge in [-0.25, -0.2) is 4.98 Å². The van der Waals surface area contributed by atoms with Crippen LogP contribution in [0.3, 0.4) is 0 Å². The van der Waals surface area contributed by atoms with Crippen LogP contribution in [0.25, 0.3) is 0 Å². The lowest BCUT2D eigenvalue weighted by Gasteiger charge is -2.06. The van der Waals surface area contributed by atoms with Crippen molar-refractivity contribution in [2.75, 3.05) is 17.2 Å². The molecule has 0 amide bonds. The number of hydrogen-bond donors (Lipinski definition) is 2. The predicted octanol–water partition coefficient (Wildman–Crippen LogP) is 1.51. The van der Waals surface area contributed by atoms with Crippen molar-refractivity contribution in [2.45, 2.75) is 13.5 Å². The van der Waals surface area contributed by atoms with E-state index in [1.165, 1.54) is 6.39 Å². The lowest BCUT2D eigenvalue weighted by atomic mass is 10.4. The summed E-state index contributed by atoms with van der Waals surface area (Å²) in [4.78, 5) is 8.26. The molecule has 2 rings (SSSR count). The fourth-order valence-electron chi connectivity index (χ4n) is 1.25. The predicted molar refractivity (Wildman–Crippen MR) is 60.0 cm³/mol. The molecular weight excluding hydrogens is 206 g/mol. The fourth-order valence-corrected chi connectivity index (χ4v) is 1.25. The van der Waals surface area contributed by atoms with Crippen LogP contribution < -0.4 is 10.6 Å². The second-order valence-corrected chi connectivity index (χ2v) is 3.14. The first-order valence-electron chi connectivity index (χ1n) is 5.08. The first-order valence-corrected chi connectivity index (χ1v) is 5.08. The zero-order chi connectivity index (χ0) is 11.2. The maximum atomic E-state index is 4.63. The van der Waals surface area contributed by atoms with Crippen LogP contribution in [0.2, 0.25) is 0 Å². The van der Waals surface area contributed by atoms with Crippen molar-refractivity contribution in [3.05, 3.63) is 30.4 Å². The van der Waals surface area contributed by atoms with E-state index >= 15 is 0 Å². The number of aromatic nitrogens is 3. The van der Waals surface area contributed by atoms with Gasteiger partial charge >= 0.3 is 0 Å². The van der Waals surface area contributed by atoms with Gasteiger partial charge in [0.25, 0.3) is 0 Å². The number of anilines is 2. The summed E-state index contributed by atoms with van der Waals surface area (Å²) in [5.41, 5.74) is 0. The van der Waals surface area contributed by atoms with Crippen LogP contribution in [0.1, 0.15) is 12.7 Å². The van der Waals surface area contributed by atoms with Gasteiger partial charge in [0, 0.05) is 6.54 Å². The zero-order valence-corrected chi connectivity index (χ0v) is 8.97. The number of hydrogen-bond acceptors (Lipinski definition) is 6. The lowest BCUT2D eigenvalue weighted by molar-refractivity contribution is 0.411. The van der Waals surface area contributed by atoms with Gasteiger partial charge in [-0.15, -0.1) is 0 Å². The molecule has 6 heteroatoms. The molecular formula is C10H13N5O. The average molecular weight is 219 g/mol. The molecule has 0 atom stereocenters. The van der Waals surface area contributed by atoms with Crippen LogP contribution in [0.15, 0.2) is 29.1 Å². The summed E-state index contributed by atoms with van der Waals surface area (Å²) < 4.78 is 4.63. The zero-order valence-electron chi connectivity index (χ0n) is 8.97. The van der Waals surface area contributed by atoms with Gasteiger partial charge in [-0.1, -0.05) is 11.2 Å². The highest BCUT2D eigenvalue weighted by Crippen LogP contribution is 2.09. The third kappa shape index (κ3) is 2.69. The molecule has 84 valence electrons. The van der Waals surface area contributed by atoms with Gasteiger partial charge in [0.1, 0.15) is 11.6 Å².